The lowest BCUT2D eigenvalue weighted by Gasteiger charge is -2.13. The molecule has 4 nitrogen and oxygen atoms in total. The van der Waals surface area contributed by atoms with E-state index in [4.69, 9.17) is 11.6 Å². The number of rotatable bonds is 5. The predicted molar refractivity (Wildman–Crippen MR) is 79.9 cm³/mol. The predicted octanol–water partition coefficient (Wildman–Crippen LogP) is 3.62. The number of hydrogen-bond acceptors (Lipinski definition) is 4. The molecule has 1 aliphatic carbocycles. The van der Waals surface area contributed by atoms with Crippen molar-refractivity contribution < 1.29 is 4.92 Å². The molecule has 1 aliphatic rings. The molecule has 0 aromatic heterocycles. The summed E-state index contributed by atoms with van der Waals surface area (Å²) >= 11 is 7.96. The summed E-state index contributed by atoms with van der Waals surface area (Å²) in [6, 6.07) is 5.25. The van der Waals surface area contributed by atoms with Crippen LogP contribution in [0.25, 0.3) is 0 Å². The number of halogens is 1. The molecule has 0 radical (unpaired) electrons. The van der Waals surface area contributed by atoms with Crippen LogP contribution in [0, 0.1) is 10.1 Å². The van der Waals surface area contributed by atoms with Gasteiger partial charge in [0.25, 0.3) is 5.69 Å². The van der Waals surface area contributed by atoms with Crippen LogP contribution < -0.4 is 5.32 Å². The second-order valence-electron chi connectivity index (χ2n) is 4.74. The highest BCUT2D eigenvalue weighted by Gasteiger charge is 2.24. The number of nitro groups is 1. The fourth-order valence-electron chi connectivity index (χ4n) is 2.48. The SMILES string of the molecule is CSC1CCC(NCc2c(Cl)cccc2[N+](=O)[O-])C1. The maximum atomic E-state index is 11.0. The summed E-state index contributed by atoms with van der Waals surface area (Å²) < 4.78 is 0. The van der Waals surface area contributed by atoms with E-state index >= 15 is 0 Å². The van der Waals surface area contributed by atoms with Crippen LogP contribution in [0.2, 0.25) is 5.02 Å². The van der Waals surface area contributed by atoms with Gasteiger partial charge in [-0.1, -0.05) is 17.7 Å². The largest absolute Gasteiger partial charge is 0.310 e. The highest BCUT2D eigenvalue weighted by molar-refractivity contribution is 7.99. The van der Waals surface area contributed by atoms with Crippen molar-refractivity contribution in [2.24, 2.45) is 0 Å². The molecule has 0 saturated heterocycles. The van der Waals surface area contributed by atoms with Gasteiger partial charge >= 0.3 is 0 Å². The molecule has 19 heavy (non-hydrogen) atoms. The average Bonchev–Trinajstić information content (AvgIpc) is 2.85. The Morgan fingerprint density at radius 3 is 2.95 bits per heavy atom. The second-order valence-corrected chi connectivity index (χ2v) is 6.29. The fourth-order valence-corrected chi connectivity index (χ4v) is 3.51. The van der Waals surface area contributed by atoms with Gasteiger partial charge in [0.2, 0.25) is 0 Å². The van der Waals surface area contributed by atoms with Crippen LogP contribution in [0.4, 0.5) is 5.69 Å². The maximum Gasteiger partial charge on any atom is 0.275 e. The molecule has 2 atom stereocenters. The van der Waals surface area contributed by atoms with E-state index in [0.29, 0.717) is 28.4 Å². The minimum atomic E-state index is -0.373. The molecule has 0 spiro atoms. The molecule has 104 valence electrons. The lowest BCUT2D eigenvalue weighted by Crippen LogP contribution is -2.26. The van der Waals surface area contributed by atoms with Gasteiger partial charge in [-0.05, 0) is 31.6 Å². The molecule has 0 amide bonds. The monoisotopic (exact) mass is 300 g/mol. The van der Waals surface area contributed by atoms with Gasteiger partial charge in [0.05, 0.1) is 15.5 Å². The lowest BCUT2D eigenvalue weighted by atomic mass is 10.1. The van der Waals surface area contributed by atoms with Crippen LogP contribution >= 0.6 is 23.4 Å². The van der Waals surface area contributed by atoms with Gasteiger partial charge in [0, 0.05) is 23.9 Å². The van der Waals surface area contributed by atoms with Crippen LogP contribution in [-0.2, 0) is 6.54 Å². The molecular formula is C13H17ClN2O2S. The molecule has 1 aromatic carbocycles. The summed E-state index contributed by atoms with van der Waals surface area (Å²) in [6.07, 6.45) is 5.60. The normalized spacial score (nSPS) is 22.6. The van der Waals surface area contributed by atoms with Crippen LogP contribution in [-0.4, -0.2) is 22.5 Å². The van der Waals surface area contributed by atoms with Crippen LogP contribution in [0.3, 0.4) is 0 Å². The highest BCUT2D eigenvalue weighted by Crippen LogP contribution is 2.30. The van der Waals surface area contributed by atoms with Gasteiger partial charge in [-0.3, -0.25) is 10.1 Å². The molecular weight excluding hydrogens is 284 g/mol. The van der Waals surface area contributed by atoms with E-state index in [-0.39, 0.29) is 10.6 Å². The van der Waals surface area contributed by atoms with Crippen molar-refractivity contribution >= 4 is 29.1 Å². The van der Waals surface area contributed by atoms with Crippen molar-refractivity contribution in [2.75, 3.05) is 6.26 Å². The number of benzene rings is 1. The van der Waals surface area contributed by atoms with Gasteiger partial charge in [-0.25, -0.2) is 0 Å². The quantitative estimate of drug-likeness (QED) is 0.666. The third-order valence-corrected chi connectivity index (χ3v) is 5.03. The van der Waals surface area contributed by atoms with E-state index in [1.54, 1.807) is 12.1 Å². The molecule has 0 bridgehead atoms. The first-order valence-electron chi connectivity index (χ1n) is 6.29. The molecule has 0 aliphatic heterocycles. The van der Waals surface area contributed by atoms with Gasteiger partial charge < -0.3 is 5.32 Å². The molecule has 1 fully saturated rings. The van der Waals surface area contributed by atoms with Crippen LogP contribution in [0.15, 0.2) is 18.2 Å². The van der Waals surface area contributed by atoms with E-state index < -0.39 is 0 Å². The van der Waals surface area contributed by atoms with E-state index in [0.717, 1.165) is 12.8 Å². The number of nitro benzene ring substituents is 1. The highest BCUT2D eigenvalue weighted by atomic mass is 35.5. The first-order chi connectivity index (χ1) is 9.11. The Morgan fingerprint density at radius 2 is 2.32 bits per heavy atom. The number of nitrogens with one attached hydrogen (secondary N) is 1. The Morgan fingerprint density at radius 1 is 1.53 bits per heavy atom. The Kier molecular flexibility index (Phi) is 5.07. The molecule has 1 aromatic rings. The first-order valence-corrected chi connectivity index (χ1v) is 7.96. The summed E-state index contributed by atoms with van der Waals surface area (Å²) in [6.45, 7) is 0.460. The number of nitrogens with zero attached hydrogens (tertiary/aromatic N) is 1. The molecule has 6 heteroatoms. The Labute approximate surface area is 122 Å². The van der Waals surface area contributed by atoms with Gasteiger partial charge in [-0.2, -0.15) is 11.8 Å². The van der Waals surface area contributed by atoms with Crippen molar-refractivity contribution in [1.82, 2.24) is 5.32 Å². The van der Waals surface area contributed by atoms with Gasteiger partial charge in [-0.15, -0.1) is 0 Å². The van der Waals surface area contributed by atoms with Gasteiger partial charge in [0.1, 0.15) is 0 Å². The molecule has 1 saturated carbocycles. The summed E-state index contributed by atoms with van der Waals surface area (Å²) in [5, 5.41) is 15.5. The van der Waals surface area contributed by atoms with E-state index in [1.165, 1.54) is 12.5 Å². The number of hydrogen-bond donors (Lipinski definition) is 1. The first kappa shape index (κ1) is 14.6. The third kappa shape index (κ3) is 3.61. The summed E-state index contributed by atoms with van der Waals surface area (Å²) in [7, 11) is 0. The minimum Gasteiger partial charge on any atom is -0.310 e. The molecule has 0 heterocycles. The summed E-state index contributed by atoms with van der Waals surface area (Å²) in [4.78, 5) is 10.6. The van der Waals surface area contributed by atoms with Crippen molar-refractivity contribution in [2.45, 2.75) is 37.1 Å². The van der Waals surface area contributed by atoms with E-state index in [1.807, 2.05) is 11.8 Å². The fraction of sp³-hybridized carbons (Fsp3) is 0.538. The molecule has 2 unspecified atom stereocenters. The third-order valence-electron chi connectivity index (χ3n) is 3.58. The zero-order valence-electron chi connectivity index (χ0n) is 10.8. The number of thioether (sulfide) groups is 1. The zero-order valence-corrected chi connectivity index (χ0v) is 12.3. The average molecular weight is 301 g/mol. The second kappa shape index (κ2) is 6.59. The van der Waals surface area contributed by atoms with E-state index in [2.05, 4.69) is 11.6 Å². The van der Waals surface area contributed by atoms with Crippen molar-refractivity contribution in [3.8, 4) is 0 Å². The topological polar surface area (TPSA) is 55.2 Å². The van der Waals surface area contributed by atoms with Crippen LogP contribution in [0.1, 0.15) is 24.8 Å². The Hall–Kier alpha value is -0.780. The Bertz CT molecular complexity index is 470. The van der Waals surface area contributed by atoms with Gasteiger partial charge in [0.15, 0.2) is 0 Å². The molecule has 1 N–H and O–H groups in total. The molecule has 2 rings (SSSR count). The van der Waals surface area contributed by atoms with Crippen LogP contribution in [0.5, 0.6) is 0 Å². The van der Waals surface area contributed by atoms with Crippen molar-refractivity contribution in [3.63, 3.8) is 0 Å². The summed E-state index contributed by atoms with van der Waals surface area (Å²) in [5.41, 5.74) is 0.682. The smallest absolute Gasteiger partial charge is 0.275 e. The standard InChI is InChI=1S/C13H17ClN2O2S/c1-19-10-6-5-9(7-10)15-8-11-12(14)3-2-4-13(11)16(17)18/h2-4,9-10,15H,5-8H2,1H3. The lowest BCUT2D eigenvalue weighted by molar-refractivity contribution is -0.385. The Balaban J connectivity index is 2.02. The van der Waals surface area contributed by atoms with Crippen molar-refractivity contribution in [1.29, 1.82) is 0 Å². The summed E-state index contributed by atoms with van der Waals surface area (Å²) in [5.74, 6) is 0. The van der Waals surface area contributed by atoms with E-state index in [9.17, 15) is 10.1 Å². The zero-order chi connectivity index (χ0) is 13.8. The maximum absolute atomic E-state index is 11.0. The minimum absolute atomic E-state index is 0.0967. The van der Waals surface area contributed by atoms with Crippen molar-refractivity contribution in [3.05, 3.63) is 38.9 Å².